The summed E-state index contributed by atoms with van der Waals surface area (Å²) in [7, 11) is -9.51. The van der Waals surface area contributed by atoms with E-state index >= 15 is 0 Å². The fourth-order valence-corrected chi connectivity index (χ4v) is 5.09. The van der Waals surface area contributed by atoms with Gasteiger partial charge in [0.2, 0.25) is 10.0 Å². The molecule has 4 rings (SSSR count). The van der Waals surface area contributed by atoms with Crippen LogP contribution in [-0.2, 0) is 25.2 Å². The normalized spacial score (nSPS) is 17.4. The second kappa shape index (κ2) is 9.15. The number of hydrogen-bond donors (Lipinski definition) is 2. The Hall–Kier alpha value is -2.13. The zero-order chi connectivity index (χ0) is 24.2. The van der Waals surface area contributed by atoms with E-state index in [4.69, 9.17) is 14.3 Å². The Labute approximate surface area is 218 Å². The van der Waals surface area contributed by atoms with E-state index < -0.39 is 36.4 Å². The van der Waals surface area contributed by atoms with Gasteiger partial charge >= 0.3 is 40.2 Å². The topological polar surface area (TPSA) is 172 Å². The first-order valence-corrected chi connectivity index (χ1v) is 12.8. The van der Waals surface area contributed by atoms with Gasteiger partial charge in [-0.3, -0.25) is 0 Å². The van der Waals surface area contributed by atoms with Crippen molar-refractivity contribution in [3.63, 3.8) is 0 Å². The number of hydrogen-bond acceptors (Lipinski definition) is 10. The maximum absolute atomic E-state index is 12.9. The van der Waals surface area contributed by atoms with Gasteiger partial charge < -0.3 is 23.9 Å². The van der Waals surface area contributed by atoms with Gasteiger partial charge in [-0.2, -0.15) is 0 Å². The first kappa shape index (κ1) is 26.5. The van der Waals surface area contributed by atoms with Crippen molar-refractivity contribution in [2.75, 3.05) is 23.3 Å². The van der Waals surface area contributed by atoms with Gasteiger partial charge in [0, 0.05) is 30.2 Å². The Morgan fingerprint density at radius 1 is 1.06 bits per heavy atom. The van der Waals surface area contributed by atoms with Crippen molar-refractivity contribution in [3.8, 4) is 5.75 Å². The predicted molar refractivity (Wildman–Crippen MR) is 119 cm³/mol. The number of nitrogens with zero attached hydrogens (tertiary/aromatic N) is 1. The summed E-state index contributed by atoms with van der Waals surface area (Å²) in [6, 6.07) is 9.46. The minimum Gasteiger partial charge on any atom is -0.743 e. The second-order valence-electron chi connectivity index (χ2n) is 7.34. The summed E-state index contributed by atoms with van der Waals surface area (Å²) in [6.07, 6.45) is 0. The molecule has 0 bridgehead atoms. The van der Waals surface area contributed by atoms with Crippen molar-refractivity contribution in [3.05, 3.63) is 58.4 Å². The Morgan fingerprint density at radius 3 is 2.32 bits per heavy atom. The third-order valence-electron chi connectivity index (χ3n) is 5.39. The Balaban J connectivity index is 0.00000324. The number of anilines is 2. The van der Waals surface area contributed by atoms with E-state index in [1.54, 1.807) is 18.2 Å². The van der Waals surface area contributed by atoms with Crippen LogP contribution >= 0.6 is 0 Å². The summed E-state index contributed by atoms with van der Waals surface area (Å²) in [4.78, 5) is 14.5. The van der Waals surface area contributed by atoms with Gasteiger partial charge in [-0.05, 0) is 50.2 Å². The molecule has 1 unspecified atom stereocenters. The number of ether oxygens (including phenoxy) is 1. The molecule has 1 aliphatic heterocycles. The zero-order valence-corrected chi connectivity index (χ0v) is 22.2. The van der Waals surface area contributed by atoms with Crippen LogP contribution in [0.2, 0.25) is 0 Å². The maximum atomic E-state index is 12.9. The van der Waals surface area contributed by atoms with Crippen LogP contribution in [0.15, 0.2) is 56.6 Å². The van der Waals surface area contributed by atoms with Gasteiger partial charge in [0.15, 0.2) is 10.1 Å². The molecule has 1 aliphatic rings. The molecule has 0 fully saturated rings. The van der Waals surface area contributed by atoms with Crippen LogP contribution in [0.1, 0.15) is 19.4 Å². The number of rotatable bonds is 6. The van der Waals surface area contributed by atoms with Crippen molar-refractivity contribution >= 4 is 42.5 Å². The van der Waals surface area contributed by atoms with Crippen LogP contribution in [0.5, 0.6) is 5.75 Å². The quantitative estimate of drug-likeness (QED) is 0.221. The van der Waals surface area contributed by atoms with Crippen molar-refractivity contribution < 1.29 is 60.1 Å². The molecule has 14 heteroatoms. The largest absolute Gasteiger partial charge is 1.00 e. The van der Waals surface area contributed by atoms with Crippen LogP contribution < -0.4 is 55.3 Å². The Bertz CT molecular complexity index is 1540. The predicted octanol–water partition coefficient (Wildman–Crippen LogP) is -1.55. The van der Waals surface area contributed by atoms with E-state index in [1.807, 2.05) is 18.7 Å². The molecule has 1 atom stereocenters. The van der Waals surface area contributed by atoms with Gasteiger partial charge in [0.05, 0.1) is 10.6 Å². The molecule has 0 amide bonds. The van der Waals surface area contributed by atoms with Crippen LogP contribution in [0.25, 0.3) is 11.0 Å². The van der Waals surface area contributed by atoms with E-state index in [1.165, 1.54) is 6.07 Å². The van der Waals surface area contributed by atoms with Crippen LogP contribution in [0.4, 0.5) is 11.4 Å². The van der Waals surface area contributed by atoms with E-state index in [2.05, 4.69) is 5.32 Å². The van der Waals surface area contributed by atoms with Crippen LogP contribution in [0.3, 0.4) is 0 Å². The summed E-state index contributed by atoms with van der Waals surface area (Å²) in [5, 5.41) is 4.96. The van der Waals surface area contributed by atoms with Crippen LogP contribution in [0, 0.1) is 0 Å². The number of benzene rings is 2. The third-order valence-corrected chi connectivity index (χ3v) is 7.41. The third kappa shape index (κ3) is 4.44. The molecule has 2 aromatic carbocycles. The molecule has 176 valence electrons. The fraction of sp³-hybridized carbons (Fsp3) is 0.250. The molecule has 1 aromatic heterocycles. The molecular weight excluding hydrogens is 497 g/mol. The SMILES string of the molecule is CCN(CC)c1ccc2cc(C3(S(=O)(=O)[O-])Nc4cc(S(N)(=O)=O)ccc4O3)c(=O)oc2c1.[Na+]. The van der Waals surface area contributed by atoms with Crippen molar-refractivity contribution in [2.45, 2.75) is 23.8 Å². The second-order valence-corrected chi connectivity index (χ2v) is 10.4. The molecule has 11 nitrogen and oxygen atoms in total. The average Bonchev–Trinajstić information content (AvgIpc) is 3.13. The van der Waals surface area contributed by atoms with E-state index in [9.17, 15) is 26.2 Å². The summed E-state index contributed by atoms with van der Waals surface area (Å²) < 4.78 is 71.1. The zero-order valence-electron chi connectivity index (χ0n) is 18.6. The van der Waals surface area contributed by atoms with Gasteiger partial charge in [0.25, 0.3) is 0 Å². The monoisotopic (exact) mass is 517 g/mol. The van der Waals surface area contributed by atoms with Gasteiger partial charge in [0.1, 0.15) is 16.9 Å². The summed E-state index contributed by atoms with van der Waals surface area (Å²) in [5.74, 6) is -0.154. The van der Waals surface area contributed by atoms with Gasteiger partial charge in [-0.15, -0.1) is 0 Å². The van der Waals surface area contributed by atoms with Gasteiger partial charge in [-0.25, -0.2) is 26.8 Å². The number of primary sulfonamides is 1. The van der Waals surface area contributed by atoms with Crippen molar-refractivity contribution in [2.24, 2.45) is 5.14 Å². The number of fused-ring (bicyclic) bond motifs is 2. The van der Waals surface area contributed by atoms with Crippen LogP contribution in [-0.4, -0.2) is 34.5 Å². The molecule has 2 heterocycles. The van der Waals surface area contributed by atoms with E-state index in [-0.39, 0.29) is 51.5 Å². The smallest absolute Gasteiger partial charge is 0.743 e. The number of nitrogens with two attached hydrogens (primary N) is 1. The molecule has 0 saturated carbocycles. The molecule has 3 N–H and O–H groups in total. The summed E-state index contributed by atoms with van der Waals surface area (Å²) in [5.41, 5.74) is -0.858. The average molecular weight is 518 g/mol. The Kier molecular flexibility index (Phi) is 7.12. The van der Waals surface area contributed by atoms with E-state index in [0.29, 0.717) is 5.39 Å². The fourth-order valence-electron chi connectivity index (χ4n) is 3.72. The minimum atomic E-state index is -5.39. The maximum Gasteiger partial charge on any atom is 1.00 e. The van der Waals surface area contributed by atoms with Crippen molar-refractivity contribution in [1.82, 2.24) is 0 Å². The molecule has 0 spiro atoms. The molecular formula is C20H20N3NaO8S2. The van der Waals surface area contributed by atoms with E-state index in [0.717, 1.165) is 37.0 Å². The summed E-state index contributed by atoms with van der Waals surface area (Å²) in [6.45, 7) is 5.38. The first-order chi connectivity index (χ1) is 15.4. The molecule has 0 saturated heterocycles. The molecule has 0 aliphatic carbocycles. The van der Waals surface area contributed by atoms with Gasteiger partial charge in [-0.1, -0.05) is 0 Å². The standard InChI is InChI=1S/C20H21N3O8S2.Na/c1-3-23(4-2)13-6-5-12-9-15(19(24)30-18(12)10-13)20(33(27,28)29)22-16-11-14(32(21,25)26)7-8-17(16)31-20;/h5-11,22H,3-4H2,1-2H3,(H2,21,25,26)(H,27,28,29);/q;+1/p-1. The number of sulfonamides is 1. The molecule has 3 aromatic rings. The minimum absolute atomic E-state index is 0. The molecule has 0 radical (unpaired) electrons. The van der Waals surface area contributed by atoms with Crippen molar-refractivity contribution in [1.29, 1.82) is 0 Å². The number of nitrogens with one attached hydrogen (secondary N) is 1. The first-order valence-electron chi connectivity index (χ1n) is 9.82. The molecule has 34 heavy (non-hydrogen) atoms. The Morgan fingerprint density at radius 2 is 1.74 bits per heavy atom. The summed E-state index contributed by atoms with van der Waals surface area (Å²) >= 11 is 0.